The lowest BCUT2D eigenvalue weighted by Crippen LogP contribution is -2.16. The normalized spacial score (nSPS) is 10.7. The van der Waals surface area contributed by atoms with Gasteiger partial charge in [0.25, 0.3) is 0 Å². The van der Waals surface area contributed by atoms with Gasteiger partial charge in [0, 0.05) is 37.2 Å². The Morgan fingerprint density at radius 3 is 2.94 bits per heavy atom. The maximum Gasteiger partial charge on any atom is 0.0637 e. The molecule has 0 atom stereocenters. The fourth-order valence-corrected chi connectivity index (χ4v) is 2.14. The van der Waals surface area contributed by atoms with Gasteiger partial charge in [0.1, 0.15) is 0 Å². The van der Waals surface area contributed by atoms with Crippen LogP contribution in [0.15, 0.2) is 41.0 Å². The molecule has 0 radical (unpaired) electrons. The Morgan fingerprint density at radius 1 is 1.35 bits per heavy atom. The summed E-state index contributed by atoms with van der Waals surface area (Å²) in [6.45, 7) is 1.84. The third-order valence-electron chi connectivity index (χ3n) is 2.54. The summed E-state index contributed by atoms with van der Waals surface area (Å²) in [5.41, 5.74) is 2.43. The molecule has 17 heavy (non-hydrogen) atoms. The first kappa shape index (κ1) is 12.3. The number of rotatable bonds is 5. The van der Waals surface area contributed by atoms with Crippen LogP contribution in [0.25, 0.3) is 0 Å². The molecule has 0 fully saturated rings. The Hall–Kier alpha value is -1.13. The molecule has 0 bridgehead atoms. The second-order valence-corrected chi connectivity index (χ2v) is 4.95. The van der Waals surface area contributed by atoms with Gasteiger partial charge >= 0.3 is 0 Å². The predicted molar refractivity (Wildman–Crippen MR) is 72.8 cm³/mol. The number of hydrogen-bond donors (Lipinski definition) is 1. The van der Waals surface area contributed by atoms with Crippen molar-refractivity contribution in [3.05, 3.63) is 52.3 Å². The van der Waals surface area contributed by atoms with Gasteiger partial charge < -0.3 is 5.32 Å². The highest BCUT2D eigenvalue weighted by atomic mass is 79.9. The Labute approximate surface area is 110 Å². The van der Waals surface area contributed by atoms with Crippen LogP contribution >= 0.6 is 15.9 Å². The number of nitrogens with one attached hydrogen (secondary N) is 1. The fraction of sp³-hybridized carbons (Fsp3) is 0.308. The van der Waals surface area contributed by atoms with Gasteiger partial charge in [0.05, 0.1) is 5.69 Å². The largest absolute Gasteiger partial charge is 0.312 e. The third-order valence-corrected chi connectivity index (χ3v) is 3.04. The summed E-state index contributed by atoms with van der Waals surface area (Å²) in [5.74, 6) is 0. The lowest BCUT2D eigenvalue weighted by molar-refractivity contribution is 0.665. The van der Waals surface area contributed by atoms with Crippen LogP contribution in [0.3, 0.4) is 0 Å². The molecule has 1 aromatic heterocycles. The van der Waals surface area contributed by atoms with E-state index < -0.39 is 0 Å². The Bertz CT molecular complexity index is 479. The first-order valence-electron chi connectivity index (χ1n) is 5.68. The summed E-state index contributed by atoms with van der Waals surface area (Å²) in [7, 11) is 1.94. The van der Waals surface area contributed by atoms with Crippen LogP contribution in [-0.4, -0.2) is 16.3 Å². The molecule has 0 saturated heterocycles. The molecule has 0 amide bonds. The van der Waals surface area contributed by atoms with E-state index in [1.54, 1.807) is 0 Å². The predicted octanol–water partition coefficient (Wildman–Crippen LogP) is 2.51. The maximum absolute atomic E-state index is 4.34. The van der Waals surface area contributed by atoms with Crippen LogP contribution in [0.2, 0.25) is 0 Å². The molecule has 0 saturated carbocycles. The zero-order chi connectivity index (χ0) is 12.1. The summed E-state index contributed by atoms with van der Waals surface area (Å²) in [4.78, 5) is 0. The van der Waals surface area contributed by atoms with Crippen molar-refractivity contribution in [2.24, 2.45) is 7.05 Å². The molecule has 2 rings (SSSR count). The quantitative estimate of drug-likeness (QED) is 0.859. The summed E-state index contributed by atoms with van der Waals surface area (Å²) in [6, 6.07) is 10.4. The molecule has 0 aliphatic rings. The van der Waals surface area contributed by atoms with E-state index in [2.05, 4.69) is 50.6 Å². The first-order valence-corrected chi connectivity index (χ1v) is 6.47. The number of hydrogen-bond acceptors (Lipinski definition) is 2. The second kappa shape index (κ2) is 5.98. The smallest absolute Gasteiger partial charge is 0.0637 e. The average Bonchev–Trinajstić information content (AvgIpc) is 2.71. The standard InChI is InChI=1S/C13H16BrN3/c1-17-8-6-13(16-17)5-7-15-10-11-3-2-4-12(14)9-11/h2-4,6,8-9,15H,5,7,10H2,1H3. The van der Waals surface area contributed by atoms with Gasteiger partial charge in [-0.25, -0.2) is 0 Å². The molecular formula is C13H16BrN3. The van der Waals surface area contributed by atoms with E-state index in [1.165, 1.54) is 5.56 Å². The molecule has 1 heterocycles. The summed E-state index contributed by atoms with van der Waals surface area (Å²) >= 11 is 3.47. The van der Waals surface area contributed by atoms with Gasteiger partial charge in [-0.2, -0.15) is 5.10 Å². The molecule has 0 spiro atoms. The highest BCUT2D eigenvalue weighted by molar-refractivity contribution is 9.10. The first-order chi connectivity index (χ1) is 8.24. The van der Waals surface area contributed by atoms with E-state index in [4.69, 9.17) is 0 Å². The lowest BCUT2D eigenvalue weighted by atomic mass is 10.2. The minimum absolute atomic E-state index is 0.895. The van der Waals surface area contributed by atoms with Crippen LogP contribution in [0.1, 0.15) is 11.3 Å². The number of aromatic nitrogens is 2. The molecule has 0 aliphatic carbocycles. The van der Waals surface area contributed by atoms with E-state index in [1.807, 2.05) is 24.0 Å². The van der Waals surface area contributed by atoms with Gasteiger partial charge in [-0.15, -0.1) is 0 Å². The van der Waals surface area contributed by atoms with Crippen molar-refractivity contribution in [2.75, 3.05) is 6.54 Å². The summed E-state index contributed by atoms with van der Waals surface area (Å²) in [5, 5.41) is 7.76. The van der Waals surface area contributed by atoms with Crippen molar-refractivity contribution in [3.63, 3.8) is 0 Å². The maximum atomic E-state index is 4.34. The van der Waals surface area contributed by atoms with E-state index in [0.717, 1.165) is 29.7 Å². The topological polar surface area (TPSA) is 29.9 Å². The molecule has 1 N–H and O–H groups in total. The van der Waals surface area contributed by atoms with Crippen molar-refractivity contribution < 1.29 is 0 Å². The number of aryl methyl sites for hydroxylation is 1. The molecule has 3 nitrogen and oxygen atoms in total. The lowest BCUT2D eigenvalue weighted by Gasteiger charge is -2.04. The van der Waals surface area contributed by atoms with Gasteiger partial charge in [-0.05, 0) is 23.8 Å². The van der Waals surface area contributed by atoms with Crippen LogP contribution < -0.4 is 5.32 Å². The highest BCUT2D eigenvalue weighted by Crippen LogP contribution is 2.11. The Morgan fingerprint density at radius 2 is 2.24 bits per heavy atom. The van der Waals surface area contributed by atoms with Gasteiger partial charge in [-0.1, -0.05) is 28.1 Å². The van der Waals surface area contributed by atoms with Crippen molar-refractivity contribution in [1.29, 1.82) is 0 Å². The molecule has 4 heteroatoms. The SMILES string of the molecule is Cn1ccc(CCNCc2cccc(Br)c2)n1. The second-order valence-electron chi connectivity index (χ2n) is 4.04. The molecule has 0 aliphatic heterocycles. The van der Waals surface area contributed by atoms with E-state index in [9.17, 15) is 0 Å². The van der Waals surface area contributed by atoms with Crippen molar-refractivity contribution >= 4 is 15.9 Å². The summed E-state index contributed by atoms with van der Waals surface area (Å²) in [6.07, 6.45) is 2.94. The van der Waals surface area contributed by atoms with Crippen LogP contribution in [-0.2, 0) is 20.0 Å². The van der Waals surface area contributed by atoms with Crippen LogP contribution in [0, 0.1) is 0 Å². The summed E-state index contributed by atoms with van der Waals surface area (Å²) < 4.78 is 2.96. The van der Waals surface area contributed by atoms with Crippen molar-refractivity contribution in [2.45, 2.75) is 13.0 Å². The van der Waals surface area contributed by atoms with Crippen molar-refractivity contribution in [3.8, 4) is 0 Å². The van der Waals surface area contributed by atoms with Gasteiger partial charge in [-0.3, -0.25) is 4.68 Å². The molecule has 0 unspecified atom stereocenters. The monoisotopic (exact) mass is 293 g/mol. The van der Waals surface area contributed by atoms with E-state index in [0.29, 0.717) is 0 Å². The molecule has 2 aromatic rings. The zero-order valence-electron chi connectivity index (χ0n) is 9.86. The van der Waals surface area contributed by atoms with Crippen LogP contribution in [0.4, 0.5) is 0 Å². The zero-order valence-corrected chi connectivity index (χ0v) is 11.4. The average molecular weight is 294 g/mol. The number of benzene rings is 1. The Kier molecular flexibility index (Phi) is 4.34. The highest BCUT2D eigenvalue weighted by Gasteiger charge is 1.97. The molecule has 1 aromatic carbocycles. The number of halogens is 1. The third kappa shape index (κ3) is 3.98. The Balaban J connectivity index is 1.73. The van der Waals surface area contributed by atoms with Gasteiger partial charge in [0.15, 0.2) is 0 Å². The van der Waals surface area contributed by atoms with E-state index in [-0.39, 0.29) is 0 Å². The van der Waals surface area contributed by atoms with Crippen LogP contribution in [0.5, 0.6) is 0 Å². The van der Waals surface area contributed by atoms with E-state index >= 15 is 0 Å². The molecular weight excluding hydrogens is 278 g/mol. The van der Waals surface area contributed by atoms with Gasteiger partial charge in [0.2, 0.25) is 0 Å². The van der Waals surface area contributed by atoms with Crippen molar-refractivity contribution in [1.82, 2.24) is 15.1 Å². The number of nitrogens with zero attached hydrogens (tertiary/aromatic N) is 2. The minimum Gasteiger partial charge on any atom is -0.312 e. The fourth-order valence-electron chi connectivity index (χ4n) is 1.69. The minimum atomic E-state index is 0.895. The molecule has 90 valence electrons.